The van der Waals surface area contributed by atoms with Crippen molar-refractivity contribution in [1.82, 2.24) is 9.80 Å². The lowest BCUT2D eigenvalue weighted by Gasteiger charge is -2.18. The molecule has 0 aromatic heterocycles. The smallest absolute Gasteiger partial charge is 0.343 e. The number of ether oxygens (including phenoxy) is 2. The number of hydrogen-bond acceptors (Lipinski definition) is 7. The molecule has 0 aliphatic carbocycles. The zero-order valence-electron chi connectivity index (χ0n) is 18.0. The zero-order valence-corrected chi connectivity index (χ0v) is 18.8. The summed E-state index contributed by atoms with van der Waals surface area (Å²) in [6.07, 6.45) is 3.47. The van der Waals surface area contributed by atoms with Crippen LogP contribution in [0.4, 0.5) is 4.79 Å². The molecule has 2 saturated heterocycles. The molecule has 0 N–H and O–H groups in total. The molecule has 2 aliphatic heterocycles. The maximum Gasteiger partial charge on any atom is 0.343 e. The van der Waals surface area contributed by atoms with E-state index in [1.165, 1.54) is 0 Å². The van der Waals surface area contributed by atoms with E-state index in [9.17, 15) is 19.2 Å². The Kier molecular flexibility index (Phi) is 6.79. The number of rotatable bonds is 6. The van der Waals surface area contributed by atoms with Gasteiger partial charge in [-0.3, -0.25) is 19.3 Å². The van der Waals surface area contributed by atoms with Crippen molar-refractivity contribution in [3.63, 3.8) is 0 Å². The Morgan fingerprint density at radius 2 is 1.61 bits per heavy atom. The van der Waals surface area contributed by atoms with Gasteiger partial charge in [0.1, 0.15) is 18.0 Å². The maximum atomic E-state index is 12.7. The molecule has 4 rings (SSSR count). The van der Waals surface area contributed by atoms with Crippen molar-refractivity contribution in [3.8, 4) is 11.5 Å². The van der Waals surface area contributed by atoms with Crippen LogP contribution in [0.3, 0.4) is 0 Å². The predicted octanol–water partition coefficient (Wildman–Crippen LogP) is 3.57. The number of carbonyl (C=O) groups excluding carboxylic acids is 4. The van der Waals surface area contributed by atoms with Crippen molar-refractivity contribution < 1.29 is 28.7 Å². The highest BCUT2D eigenvalue weighted by Crippen LogP contribution is 2.32. The van der Waals surface area contributed by atoms with Gasteiger partial charge in [-0.25, -0.2) is 4.79 Å². The van der Waals surface area contributed by atoms with Gasteiger partial charge in [-0.05, 0) is 72.6 Å². The van der Waals surface area contributed by atoms with Crippen LogP contribution < -0.4 is 9.47 Å². The molecular weight excluding hydrogens is 444 g/mol. The lowest BCUT2D eigenvalue weighted by molar-refractivity contribution is -0.135. The average Bonchev–Trinajstić information content (AvgIpc) is 3.45. The van der Waals surface area contributed by atoms with Gasteiger partial charge in [-0.1, -0.05) is 12.1 Å². The first kappa shape index (κ1) is 22.6. The van der Waals surface area contributed by atoms with E-state index < -0.39 is 17.1 Å². The van der Waals surface area contributed by atoms with E-state index in [1.807, 2.05) is 0 Å². The monoisotopic (exact) mass is 466 g/mol. The minimum atomic E-state index is -0.505. The summed E-state index contributed by atoms with van der Waals surface area (Å²) < 4.78 is 10.4. The second-order valence-electron chi connectivity index (χ2n) is 7.54. The summed E-state index contributed by atoms with van der Waals surface area (Å²) in [4.78, 5) is 52.4. The van der Waals surface area contributed by atoms with Crippen molar-refractivity contribution in [3.05, 3.63) is 64.6 Å². The van der Waals surface area contributed by atoms with Crippen LogP contribution in [-0.4, -0.2) is 59.6 Å². The average molecular weight is 467 g/mol. The topological polar surface area (TPSA) is 93.2 Å². The highest BCUT2D eigenvalue weighted by atomic mass is 32.2. The van der Waals surface area contributed by atoms with Gasteiger partial charge in [-0.2, -0.15) is 0 Å². The SMILES string of the molecule is COc1ccc(C(=O)Oc2ccc(/C=C3\SC(=O)N(CC(=O)N4CCCC4)C3=O)cc2)cc1. The minimum absolute atomic E-state index is 0.209. The van der Waals surface area contributed by atoms with Crippen molar-refractivity contribution in [2.45, 2.75) is 12.8 Å². The molecule has 0 atom stereocenters. The Bertz CT molecular complexity index is 1100. The van der Waals surface area contributed by atoms with Crippen molar-refractivity contribution >= 4 is 40.9 Å². The first-order chi connectivity index (χ1) is 15.9. The van der Waals surface area contributed by atoms with E-state index in [0.717, 1.165) is 29.5 Å². The largest absolute Gasteiger partial charge is 0.497 e. The fourth-order valence-electron chi connectivity index (χ4n) is 3.51. The first-order valence-electron chi connectivity index (χ1n) is 10.4. The number of imide groups is 1. The molecule has 2 aliphatic rings. The molecule has 0 radical (unpaired) electrons. The van der Waals surface area contributed by atoms with Gasteiger partial charge in [0, 0.05) is 13.1 Å². The van der Waals surface area contributed by atoms with E-state index in [-0.39, 0.29) is 17.4 Å². The van der Waals surface area contributed by atoms with Gasteiger partial charge in [0.05, 0.1) is 17.6 Å². The predicted molar refractivity (Wildman–Crippen MR) is 123 cm³/mol. The number of benzene rings is 2. The Morgan fingerprint density at radius 1 is 0.970 bits per heavy atom. The number of methoxy groups -OCH3 is 1. The van der Waals surface area contributed by atoms with Gasteiger partial charge < -0.3 is 14.4 Å². The quantitative estimate of drug-likeness (QED) is 0.365. The van der Waals surface area contributed by atoms with Gasteiger partial charge in [0.25, 0.3) is 11.1 Å². The first-order valence-corrected chi connectivity index (χ1v) is 11.3. The molecule has 8 nitrogen and oxygen atoms in total. The molecule has 0 unspecified atom stereocenters. The van der Waals surface area contributed by atoms with Gasteiger partial charge in [-0.15, -0.1) is 0 Å². The number of hydrogen-bond donors (Lipinski definition) is 0. The van der Waals surface area contributed by atoms with E-state index >= 15 is 0 Å². The number of nitrogens with zero attached hydrogens (tertiary/aromatic N) is 2. The Hall–Kier alpha value is -3.59. The van der Waals surface area contributed by atoms with Crippen LogP contribution in [0.25, 0.3) is 6.08 Å². The highest BCUT2D eigenvalue weighted by molar-refractivity contribution is 8.18. The Balaban J connectivity index is 1.38. The molecule has 2 fully saturated rings. The third-order valence-electron chi connectivity index (χ3n) is 5.34. The third-order valence-corrected chi connectivity index (χ3v) is 6.25. The van der Waals surface area contributed by atoms with Crippen LogP contribution >= 0.6 is 11.8 Å². The lowest BCUT2D eigenvalue weighted by atomic mass is 10.2. The summed E-state index contributed by atoms with van der Waals surface area (Å²) >= 11 is 0.808. The Labute approximate surface area is 195 Å². The fourth-order valence-corrected chi connectivity index (χ4v) is 4.35. The number of amides is 3. The van der Waals surface area contributed by atoms with Crippen LogP contribution in [0.5, 0.6) is 11.5 Å². The summed E-state index contributed by atoms with van der Waals surface area (Å²) in [5.74, 6) is -0.209. The number of carbonyl (C=O) groups is 4. The van der Waals surface area contributed by atoms with E-state index in [2.05, 4.69) is 0 Å². The van der Waals surface area contributed by atoms with Crippen molar-refractivity contribution in [2.75, 3.05) is 26.7 Å². The molecule has 0 saturated carbocycles. The highest BCUT2D eigenvalue weighted by Gasteiger charge is 2.37. The fraction of sp³-hybridized carbons (Fsp3) is 0.250. The molecule has 2 aromatic rings. The molecule has 33 heavy (non-hydrogen) atoms. The maximum absolute atomic E-state index is 12.7. The standard InChI is InChI=1S/C24H22N2O6S/c1-31-18-10-6-17(7-11-18)23(29)32-19-8-4-16(5-9-19)14-20-22(28)26(24(30)33-20)15-21(27)25-12-2-3-13-25/h4-11,14H,2-3,12-13,15H2,1H3/b20-14-. The van der Waals surface area contributed by atoms with Crippen LogP contribution in [0.2, 0.25) is 0 Å². The summed E-state index contributed by atoms with van der Waals surface area (Å²) in [6, 6.07) is 13.1. The molecule has 170 valence electrons. The molecule has 2 aromatic carbocycles. The van der Waals surface area contributed by atoms with Crippen LogP contribution in [0.15, 0.2) is 53.4 Å². The second kappa shape index (κ2) is 9.91. The second-order valence-corrected chi connectivity index (χ2v) is 8.54. The third kappa shape index (κ3) is 5.25. The number of likely N-dealkylation sites (tertiary alicyclic amines) is 1. The van der Waals surface area contributed by atoms with Gasteiger partial charge in [0.2, 0.25) is 5.91 Å². The number of esters is 1. The van der Waals surface area contributed by atoms with E-state index in [1.54, 1.807) is 66.6 Å². The molecule has 9 heteroatoms. The molecule has 2 heterocycles. The summed E-state index contributed by atoms with van der Waals surface area (Å²) in [5.41, 5.74) is 1.05. The van der Waals surface area contributed by atoms with Crippen LogP contribution in [0, 0.1) is 0 Å². The minimum Gasteiger partial charge on any atom is -0.497 e. The van der Waals surface area contributed by atoms with Crippen molar-refractivity contribution in [1.29, 1.82) is 0 Å². The number of thioether (sulfide) groups is 1. The van der Waals surface area contributed by atoms with Crippen LogP contribution in [-0.2, 0) is 9.59 Å². The Morgan fingerprint density at radius 3 is 2.24 bits per heavy atom. The molecule has 3 amide bonds. The zero-order chi connectivity index (χ0) is 23.4. The normalized spacial score (nSPS) is 17.1. The summed E-state index contributed by atoms with van der Waals surface area (Å²) in [7, 11) is 1.55. The van der Waals surface area contributed by atoms with Crippen LogP contribution in [0.1, 0.15) is 28.8 Å². The van der Waals surface area contributed by atoms with Gasteiger partial charge >= 0.3 is 5.97 Å². The van der Waals surface area contributed by atoms with E-state index in [0.29, 0.717) is 35.7 Å². The molecule has 0 spiro atoms. The molecular formula is C24H22N2O6S. The van der Waals surface area contributed by atoms with E-state index in [4.69, 9.17) is 9.47 Å². The molecule has 0 bridgehead atoms. The van der Waals surface area contributed by atoms with Gasteiger partial charge in [0.15, 0.2) is 0 Å². The summed E-state index contributed by atoms with van der Waals surface area (Å²) in [6.45, 7) is 1.10. The van der Waals surface area contributed by atoms with Crippen molar-refractivity contribution in [2.24, 2.45) is 0 Å². The lowest BCUT2D eigenvalue weighted by Crippen LogP contribution is -2.40. The summed E-state index contributed by atoms with van der Waals surface area (Å²) in [5, 5.41) is -0.455.